The number of aliphatic hydroxyl groups is 1. The lowest BCUT2D eigenvalue weighted by Gasteiger charge is -2.10. The van der Waals surface area contributed by atoms with Gasteiger partial charge in [-0.15, -0.1) is 12.3 Å². The molecule has 0 saturated carbocycles. The van der Waals surface area contributed by atoms with Gasteiger partial charge >= 0.3 is 0 Å². The summed E-state index contributed by atoms with van der Waals surface area (Å²) in [6, 6.07) is 0. The third-order valence-corrected chi connectivity index (χ3v) is 1.37. The zero-order valence-electron chi connectivity index (χ0n) is 6.80. The summed E-state index contributed by atoms with van der Waals surface area (Å²) < 4.78 is 0. The lowest BCUT2D eigenvalue weighted by molar-refractivity contribution is 0.141. The van der Waals surface area contributed by atoms with Crippen molar-refractivity contribution in [2.75, 3.05) is 0 Å². The van der Waals surface area contributed by atoms with Crippen molar-refractivity contribution in [1.82, 2.24) is 0 Å². The van der Waals surface area contributed by atoms with Crippen LogP contribution in [-0.4, -0.2) is 11.2 Å². The minimum Gasteiger partial charge on any atom is -0.393 e. The lowest BCUT2D eigenvalue weighted by atomic mass is 10.0. The highest BCUT2D eigenvalue weighted by Gasteiger charge is 2.04. The Balaban J connectivity index is 3.27. The molecule has 1 N–H and O–H groups in total. The van der Waals surface area contributed by atoms with Crippen LogP contribution in [-0.2, 0) is 0 Å². The Labute approximate surface area is 63.5 Å². The van der Waals surface area contributed by atoms with Crippen LogP contribution in [0.15, 0.2) is 0 Å². The minimum absolute atomic E-state index is 0.198. The first-order valence-corrected chi connectivity index (χ1v) is 3.78. The van der Waals surface area contributed by atoms with Crippen LogP contribution in [0.1, 0.15) is 33.1 Å². The van der Waals surface area contributed by atoms with Gasteiger partial charge in [0.15, 0.2) is 0 Å². The normalized spacial score (nSPS) is 13.1. The molecule has 0 bridgehead atoms. The molecule has 0 spiro atoms. The Morgan fingerprint density at radius 3 is 2.50 bits per heavy atom. The van der Waals surface area contributed by atoms with E-state index in [4.69, 9.17) is 6.42 Å². The number of rotatable bonds is 4. The van der Waals surface area contributed by atoms with E-state index in [-0.39, 0.29) is 6.10 Å². The molecular weight excluding hydrogens is 124 g/mol. The lowest BCUT2D eigenvalue weighted by Crippen LogP contribution is -2.09. The number of hydrogen-bond donors (Lipinski definition) is 1. The van der Waals surface area contributed by atoms with E-state index < -0.39 is 0 Å². The fourth-order valence-corrected chi connectivity index (χ4v) is 0.912. The van der Waals surface area contributed by atoms with Gasteiger partial charge in [-0.2, -0.15) is 0 Å². The summed E-state index contributed by atoms with van der Waals surface area (Å²) in [6.45, 7) is 4.19. The second-order valence-electron chi connectivity index (χ2n) is 3.03. The third kappa shape index (κ3) is 5.65. The van der Waals surface area contributed by atoms with E-state index in [1.165, 1.54) is 0 Å². The molecule has 0 fully saturated rings. The summed E-state index contributed by atoms with van der Waals surface area (Å²) in [5.41, 5.74) is 0. The second-order valence-corrected chi connectivity index (χ2v) is 3.03. The first-order valence-electron chi connectivity index (χ1n) is 3.78. The van der Waals surface area contributed by atoms with Crippen molar-refractivity contribution in [3.8, 4) is 12.3 Å². The number of aliphatic hydroxyl groups excluding tert-OH is 1. The molecule has 0 aliphatic heterocycles. The average Bonchev–Trinajstić information content (AvgIpc) is 1.82. The van der Waals surface area contributed by atoms with Crippen molar-refractivity contribution in [3.05, 3.63) is 0 Å². The van der Waals surface area contributed by atoms with Gasteiger partial charge in [0.25, 0.3) is 0 Å². The van der Waals surface area contributed by atoms with E-state index in [9.17, 15) is 5.11 Å². The van der Waals surface area contributed by atoms with Gasteiger partial charge in [0.05, 0.1) is 6.10 Å². The van der Waals surface area contributed by atoms with Gasteiger partial charge in [0.1, 0.15) is 0 Å². The number of terminal acetylenes is 1. The largest absolute Gasteiger partial charge is 0.393 e. The molecule has 0 aromatic rings. The minimum atomic E-state index is -0.198. The molecule has 0 aliphatic carbocycles. The van der Waals surface area contributed by atoms with E-state index in [1.54, 1.807) is 0 Å². The van der Waals surface area contributed by atoms with Crippen LogP contribution in [0.3, 0.4) is 0 Å². The molecule has 0 rings (SSSR count). The molecule has 1 unspecified atom stereocenters. The molecule has 0 aromatic carbocycles. The summed E-state index contributed by atoms with van der Waals surface area (Å²) in [6.07, 6.45) is 7.14. The Kier molecular flexibility index (Phi) is 5.06. The smallest absolute Gasteiger partial charge is 0.0551 e. The Morgan fingerprint density at radius 2 is 2.10 bits per heavy atom. The van der Waals surface area contributed by atoms with Gasteiger partial charge < -0.3 is 5.11 Å². The highest BCUT2D eigenvalue weighted by molar-refractivity contribution is 4.84. The zero-order valence-corrected chi connectivity index (χ0v) is 6.80. The van der Waals surface area contributed by atoms with Crippen LogP contribution in [0.4, 0.5) is 0 Å². The molecule has 0 amide bonds. The van der Waals surface area contributed by atoms with E-state index >= 15 is 0 Å². The van der Waals surface area contributed by atoms with Crippen molar-refractivity contribution < 1.29 is 5.11 Å². The van der Waals surface area contributed by atoms with Crippen molar-refractivity contribution in [1.29, 1.82) is 0 Å². The molecule has 58 valence electrons. The molecule has 10 heavy (non-hydrogen) atoms. The third-order valence-electron chi connectivity index (χ3n) is 1.37. The summed E-state index contributed by atoms with van der Waals surface area (Å²) in [4.78, 5) is 0. The summed E-state index contributed by atoms with van der Waals surface area (Å²) in [5, 5.41) is 9.26. The van der Waals surface area contributed by atoms with Crippen LogP contribution in [0.2, 0.25) is 0 Å². The van der Waals surface area contributed by atoms with Crippen LogP contribution in [0.5, 0.6) is 0 Å². The van der Waals surface area contributed by atoms with E-state index in [0.29, 0.717) is 12.3 Å². The standard InChI is InChI=1S/C9H16O/c1-4-5-6-9(10)7-8(2)3/h1,8-10H,5-7H2,2-3H3. The number of hydrogen-bond acceptors (Lipinski definition) is 1. The Bertz CT molecular complexity index is 110. The molecule has 1 atom stereocenters. The molecule has 0 saturated heterocycles. The maximum atomic E-state index is 9.26. The Morgan fingerprint density at radius 1 is 1.50 bits per heavy atom. The van der Waals surface area contributed by atoms with Crippen molar-refractivity contribution in [2.24, 2.45) is 5.92 Å². The first kappa shape index (κ1) is 9.52. The molecule has 1 heteroatoms. The van der Waals surface area contributed by atoms with Gasteiger partial charge in [0, 0.05) is 6.42 Å². The average molecular weight is 140 g/mol. The second kappa shape index (κ2) is 5.32. The monoisotopic (exact) mass is 140 g/mol. The van der Waals surface area contributed by atoms with Crippen LogP contribution >= 0.6 is 0 Å². The van der Waals surface area contributed by atoms with Gasteiger partial charge in [-0.3, -0.25) is 0 Å². The maximum Gasteiger partial charge on any atom is 0.0551 e. The molecule has 0 radical (unpaired) electrons. The molecule has 0 aliphatic rings. The van der Waals surface area contributed by atoms with Crippen molar-refractivity contribution in [2.45, 2.75) is 39.2 Å². The van der Waals surface area contributed by atoms with Crippen LogP contribution in [0, 0.1) is 18.3 Å². The van der Waals surface area contributed by atoms with Gasteiger partial charge in [-0.05, 0) is 18.8 Å². The van der Waals surface area contributed by atoms with E-state index in [0.717, 1.165) is 12.8 Å². The van der Waals surface area contributed by atoms with Crippen LogP contribution in [0.25, 0.3) is 0 Å². The van der Waals surface area contributed by atoms with E-state index in [1.807, 2.05) is 0 Å². The van der Waals surface area contributed by atoms with E-state index in [2.05, 4.69) is 19.8 Å². The highest BCUT2D eigenvalue weighted by Crippen LogP contribution is 2.08. The maximum absolute atomic E-state index is 9.26. The van der Waals surface area contributed by atoms with Gasteiger partial charge in [-0.1, -0.05) is 13.8 Å². The molecule has 0 heterocycles. The Hall–Kier alpha value is -0.480. The summed E-state index contributed by atoms with van der Waals surface area (Å²) in [5.74, 6) is 3.07. The van der Waals surface area contributed by atoms with Crippen LogP contribution < -0.4 is 0 Å². The highest BCUT2D eigenvalue weighted by atomic mass is 16.3. The summed E-state index contributed by atoms with van der Waals surface area (Å²) in [7, 11) is 0. The van der Waals surface area contributed by atoms with Crippen molar-refractivity contribution in [3.63, 3.8) is 0 Å². The predicted octanol–water partition coefficient (Wildman–Crippen LogP) is 1.81. The zero-order chi connectivity index (χ0) is 7.98. The molecular formula is C9H16O. The van der Waals surface area contributed by atoms with Gasteiger partial charge in [0.2, 0.25) is 0 Å². The summed E-state index contributed by atoms with van der Waals surface area (Å²) >= 11 is 0. The molecule has 1 nitrogen and oxygen atoms in total. The van der Waals surface area contributed by atoms with Gasteiger partial charge in [-0.25, -0.2) is 0 Å². The van der Waals surface area contributed by atoms with Crippen molar-refractivity contribution >= 4 is 0 Å². The molecule has 0 aromatic heterocycles. The SMILES string of the molecule is C#CCCC(O)CC(C)C. The first-order chi connectivity index (χ1) is 4.66. The fourth-order valence-electron chi connectivity index (χ4n) is 0.912. The quantitative estimate of drug-likeness (QED) is 0.590. The topological polar surface area (TPSA) is 20.2 Å². The predicted molar refractivity (Wildman–Crippen MR) is 43.5 cm³/mol. The fraction of sp³-hybridized carbons (Fsp3) is 0.778.